The molecule has 0 saturated heterocycles. The van der Waals surface area contributed by atoms with Gasteiger partial charge in [-0.25, -0.2) is 4.57 Å². The van der Waals surface area contributed by atoms with Crippen LogP contribution in [-0.4, -0.2) is 97.4 Å². The van der Waals surface area contributed by atoms with Gasteiger partial charge in [0.1, 0.15) is 49.3 Å². The molecule has 0 aromatic carbocycles. The van der Waals surface area contributed by atoms with Gasteiger partial charge in [-0.3, -0.25) is 13.8 Å². The Kier molecular flexibility index (Phi) is 22.3. The van der Waals surface area contributed by atoms with Crippen LogP contribution < -0.4 is 0 Å². The zero-order valence-corrected chi connectivity index (χ0v) is 27.1. The molecule has 1 rings (SSSR count). The van der Waals surface area contributed by atoms with Crippen molar-refractivity contribution in [1.82, 2.24) is 0 Å². The third-order valence-corrected chi connectivity index (χ3v) is 8.51. The Labute approximate surface area is 262 Å². The van der Waals surface area contributed by atoms with E-state index in [-0.39, 0.29) is 6.42 Å². The predicted molar refractivity (Wildman–Crippen MR) is 165 cm³/mol. The fraction of sp³-hybridized carbons (Fsp3) is 0.839. The largest absolute Gasteiger partial charge is 0.472 e. The summed E-state index contributed by atoms with van der Waals surface area (Å²) >= 11 is 0. The number of aliphatic hydroxyl groups excluding tert-OH is 6. The molecule has 1 fully saturated rings. The highest BCUT2D eigenvalue weighted by atomic mass is 31.2. The van der Waals surface area contributed by atoms with Crippen molar-refractivity contribution < 1.29 is 58.7 Å². The van der Waals surface area contributed by atoms with Crippen molar-refractivity contribution in [2.75, 3.05) is 13.2 Å². The lowest BCUT2D eigenvalue weighted by molar-refractivity contribution is -0.220. The third-order valence-electron chi connectivity index (χ3n) is 7.53. The van der Waals surface area contributed by atoms with Gasteiger partial charge in [-0.05, 0) is 38.5 Å². The van der Waals surface area contributed by atoms with Gasteiger partial charge in [0.15, 0.2) is 0 Å². The highest BCUT2D eigenvalue weighted by Gasteiger charge is 2.51. The molecular formula is C31H57O12P. The number of esters is 1. The highest BCUT2D eigenvalue weighted by molar-refractivity contribution is 7.47. The molecule has 1 aliphatic carbocycles. The van der Waals surface area contributed by atoms with E-state index in [1.165, 1.54) is 57.8 Å². The Bertz CT molecular complexity index is 838. The molecule has 7 N–H and O–H groups in total. The van der Waals surface area contributed by atoms with Crippen LogP contribution in [0.5, 0.6) is 0 Å². The van der Waals surface area contributed by atoms with Crippen molar-refractivity contribution >= 4 is 13.8 Å². The Morgan fingerprint density at radius 3 is 1.73 bits per heavy atom. The fourth-order valence-electron chi connectivity index (χ4n) is 4.78. The number of hydrogen-bond acceptors (Lipinski definition) is 11. The molecule has 0 bridgehead atoms. The Balaban J connectivity index is 2.02. The third kappa shape index (κ3) is 18.1. The van der Waals surface area contributed by atoms with Crippen molar-refractivity contribution in [2.24, 2.45) is 0 Å². The minimum atomic E-state index is -4.99. The maximum Gasteiger partial charge on any atom is 0.472 e. The topological polar surface area (TPSA) is 203 Å². The zero-order chi connectivity index (χ0) is 32.8. The van der Waals surface area contributed by atoms with Gasteiger partial charge < -0.3 is 40.3 Å². The molecule has 0 aromatic heterocycles. The van der Waals surface area contributed by atoms with E-state index in [0.29, 0.717) is 6.42 Å². The second kappa shape index (κ2) is 24.1. The molecular weight excluding hydrogens is 595 g/mol. The number of unbranched alkanes of at least 4 members (excludes halogenated alkanes) is 12. The van der Waals surface area contributed by atoms with Gasteiger partial charge in [-0.2, -0.15) is 0 Å². The van der Waals surface area contributed by atoms with Crippen LogP contribution >= 0.6 is 7.82 Å². The Morgan fingerprint density at radius 2 is 1.18 bits per heavy atom. The molecule has 0 aromatic rings. The number of phosphoric ester groups is 1. The predicted octanol–water partition coefficient (Wildman–Crippen LogP) is 3.58. The lowest BCUT2D eigenvalue weighted by Gasteiger charge is -2.41. The molecule has 1 aliphatic rings. The number of phosphoric acid groups is 1. The van der Waals surface area contributed by atoms with E-state index < -0.39 is 69.7 Å². The van der Waals surface area contributed by atoms with Gasteiger partial charge in [-0.15, -0.1) is 0 Å². The van der Waals surface area contributed by atoms with Crippen LogP contribution in [0.1, 0.15) is 110 Å². The summed E-state index contributed by atoms with van der Waals surface area (Å²) in [6.07, 6.45) is 13.1. The maximum absolute atomic E-state index is 12.1. The Morgan fingerprint density at radius 1 is 0.705 bits per heavy atom. The average molecular weight is 653 g/mol. The molecule has 1 saturated carbocycles. The van der Waals surface area contributed by atoms with Crippen LogP contribution in [0, 0.1) is 0 Å². The zero-order valence-electron chi connectivity index (χ0n) is 26.2. The normalized spacial score (nSPS) is 26.3. The van der Waals surface area contributed by atoms with Crippen molar-refractivity contribution in [3.05, 3.63) is 24.3 Å². The molecule has 13 heteroatoms. The summed E-state index contributed by atoms with van der Waals surface area (Å²) in [5.41, 5.74) is 0. The first-order valence-corrected chi connectivity index (χ1v) is 17.7. The first-order chi connectivity index (χ1) is 21.0. The summed E-state index contributed by atoms with van der Waals surface area (Å²) in [5.74, 6) is -0.514. The number of carbonyl (C=O) groups is 1. The van der Waals surface area contributed by atoms with Gasteiger partial charge in [-0.1, -0.05) is 89.0 Å². The van der Waals surface area contributed by atoms with Crippen molar-refractivity contribution in [2.45, 2.75) is 152 Å². The lowest BCUT2D eigenvalue weighted by atomic mass is 9.85. The first-order valence-electron chi connectivity index (χ1n) is 16.2. The van der Waals surface area contributed by atoms with Crippen molar-refractivity contribution in [3.63, 3.8) is 0 Å². The summed E-state index contributed by atoms with van der Waals surface area (Å²) in [6, 6.07) is 0. The summed E-state index contributed by atoms with van der Waals surface area (Å²) < 4.78 is 26.4. The monoisotopic (exact) mass is 652 g/mol. The summed E-state index contributed by atoms with van der Waals surface area (Å²) in [7, 11) is -4.99. The van der Waals surface area contributed by atoms with Crippen LogP contribution in [0.2, 0.25) is 0 Å². The SMILES string of the molecule is CCCCC/C=C\C/C=C\CCCCCCCCCCCC(=O)OCC(O)COP(=O)(O)OC1C(O)C(O)C(O)C(O)C1O. The minimum Gasteiger partial charge on any atom is -0.463 e. The number of carbonyl (C=O) groups excluding carboxylic acids is 1. The van der Waals surface area contributed by atoms with Gasteiger partial charge >= 0.3 is 13.8 Å². The standard InChI is InChI=1S/C31H57O12P/c1-2-3-4-5-6-7-8-9-10-11-12-13-14-15-16-17-18-19-20-21-25(33)41-22-24(32)23-42-44(39,40)43-31-29(37)27(35)26(34)28(36)30(31)38/h6-7,9-10,24,26-32,34-38H,2-5,8,11-23H2,1H3,(H,39,40)/b7-6-,10-9-. The fourth-order valence-corrected chi connectivity index (χ4v) is 5.76. The first kappa shape index (κ1) is 40.8. The van der Waals surface area contributed by atoms with Gasteiger partial charge in [0.25, 0.3) is 0 Å². The number of allylic oxidation sites excluding steroid dienone is 4. The second-order valence-corrected chi connectivity index (χ2v) is 12.9. The molecule has 0 aliphatic heterocycles. The van der Waals surface area contributed by atoms with Crippen LogP contribution in [0.25, 0.3) is 0 Å². The number of ether oxygens (including phenoxy) is 1. The molecule has 6 atom stereocenters. The smallest absolute Gasteiger partial charge is 0.463 e. The van der Waals surface area contributed by atoms with Crippen LogP contribution in [-0.2, 0) is 23.1 Å². The van der Waals surface area contributed by atoms with Crippen molar-refractivity contribution in [1.29, 1.82) is 0 Å². The average Bonchev–Trinajstić information content (AvgIpc) is 3.00. The molecule has 0 amide bonds. The Hall–Kier alpha value is -1.18. The van der Waals surface area contributed by atoms with E-state index in [9.17, 15) is 44.9 Å². The van der Waals surface area contributed by atoms with Gasteiger partial charge in [0.2, 0.25) is 0 Å². The highest BCUT2D eigenvalue weighted by Crippen LogP contribution is 2.47. The maximum atomic E-state index is 12.1. The lowest BCUT2D eigenvalue weighted by Crippen LogP contribution is -2.64. The molecule has 0 radical (unpaired) electrons. The number of rotatable bonds is 25. The van der Waals surface area contributed by atoms with E-state index in [1.54, 1.807) is 0 Å². The molecule has 12 nitrogen and oxygen atoms in total. The minimum absolute atomic E-state index is 0.186. The summed E-state index contributed by atoms with van der Waals surface area (Å²) in [4.78, 5) is 21.8. The van der Waals surface area contributed by atoms with E-state index in [1.807, 2.05) is 0 Å². The molecule has 0 heterocycles. The summed E-state index contributed by atoms with van der Waals surface area (Å²) in [6.45, 7) is 0.962. The van der Waals surface area contributed by atoms with Crippen LogP contribution in [0.3, 0.4) is 0 Å². The molecule has 0 spiro atoms. The van der Waals surface area contributed by atoms with E-state index in [4.69, 9.17) is 4.74 Å². The molecule has 258 valence electrons. The second-order valence-electron chi connectivity index (χ2n) is 11.5. The molecule has 44 heavy (non-hydrogen) atoms. The number of aliphatic hydroxyl groups is 6. The quantitative estimate of drug-likeness (QED) is 0.0327. The van der Waals surface area contributed by atoms with E-state index >= 15 is 0 Å². The van der Waals surface area contributed by atoms with Crippen LogP contribution in [0.15, 0.2) is 24.3 Å². The molecule has 6 unspecified atom stereocenters. The number of hydrogen-bond donors (Lipinski definition) is 7. The van der Waals surface area contributed by atoms with Gasteiger partial charge in [0.05, 0.1) is 6.61 Å². The van der Waals surface area contributed by atoms with Crippen molar-refractivity contribution in [3.8, 4) is 0 Å². The van der Waals surface area contributed by atoms with Gasteiger partial charge in [0, 0.05) is 6.42 Å². The summed E-state index contributed by atoms with van der Waals surface area (Å²) in [5, 5.41) is 58.6. The van der Waals surface area contributed by atoms with E-state index in [2.05, 4.69) is 40.3 Å². The van der Waals surface area contributed by atoms with Crippen LogP contribution in [0.4, 0.5) is 0 Å². The van der Waals surface area contributed by atoms with E-state index in [0.717, 1.165) is 32.1 Å².